The second kappa shape index (κ2) is 8.29. The Morgan fingerprint density at radius 1 is 1.03 bits per heavy atom. The second-order valence-corrected chi connectivity index (χ2v) is 9.56. The molecule has 2 aromatic carbocycles. The van der Waals surface area contributed by atoms with Crippen LogP contribution in [0.5, 0.6) is 0 Å². The number of rotatable bonds is 4. The number of sulfone groups is 1. The summed E-state index contributed by atoms with van der Waals surface area (Å²) < 4.78 is 101. The normalized spacial score (nSPS) is 17.4. The number of carbonyl (C=O) groups is 1. The van der Waals surface area contributed by atoms with Crippen LogP contribution in [-0.4, -0.2) is 44.6 Å². The average Bonchev–Trinajstić information content (AvgIpc) is 2.70. The van der Waals surface area contributed by atoms with Crippen molar-refractivity contribution in [3.05, 3.63) is 59.2 Å². The molecule has 2 aromatic rings. The lowest BCUT2D eigenvalue weighted by molar-refractivity contribution is -0.376. The molecule has 0 saturated heterocycles. The van der Waals surface area contributed by atoms with Gasteiger partial charge in [-0.15, -0.1) is 0 Å². The van der Waals surface area contributed by atoms with Crippen LogP contribution < -0.4 is 10.6 Å². The Hall–Kier alpha value is -2.64. The molecule has 3 N–H and O–H groups in total. The third kappa shape index (κ3) is 4.70. The fourth-order valence-electron chi connectivity index (χ4n) is 3.50. The molecular weight excluding hydrogens is 478 g/mol. The van der Waals surface area contributed by atoms with E-state index in [4.69, 9.17) is 0 Å². The third-order valence-electron chi connectivity index (χ3n) is 5.25. The summed E-state index contributed by atoms with van der Waals surface area (Å²) in [5.41, 5.74) is -5.50. The SMILES string of the molecule is CS(=O)(=O)c1ccc2c(c1)CCNC2C(=O)Nc1ccc(C(O)(C(F)(F)F)C(F)(F)F)cc1. The van der Waals surface area contributed by atoms with Crippen LogP contribution in [0.2, 0.25) is 0 Å². The highest BCUT2D eigenvalue weighted by Gasteiger charge is 2.71. The molecule has 1 aliphatic heterocycles. The van der Waals surface area contributed by atoms with Crippen LogP contribution in [0, 0.1) is 0 Å². The minimum absolute atomic E-state index is 0.0831. The van der Waals surface area contributed by atoms with E-state index in [1.807, 2.05) is 0 Å². The van der Waals surface area contributed by atoms with Gasteiger partial charge in [0.05, 0.1) is 4.90 Å². The molecule has 0 fully saturated rings. The molecule has 0 saturated carbocycles. The number of anilines is 1. The van der Waals surface area contributed by atoms with Crippen molar-refractivity contribution in [1.29, 1.82) is 0 Å². The zero-order chi connectivity index (χ0) is 24.8. The lowest BCUT2D eigenvalue weighted by atomic mass is 9.92. The number of hydrogen-bond donors (Lipinski definition) is 3. The third-order valence-corrected chi connectivity index (χ3v) is 6.36. The first kappa shape index (κ1) is 25.0. The molecule has 0 aromatic heterocycles. The van der Waals surface area contributed by atoms with Crippen molar-refractivity contribution in [2.45, 2.75) is 35.3 Å². The minimum atomic E-state index is -6.02. The van der Waals surface area contributed by atoms with Gasteiger partial charge in [0, 0.05) is 24.1 Å². The van der Waals surface area contributed by atoms with Crippen molar-refractivity contribution >= 4 is 21.4 Å². The number of nitrogens with one attached hydrogen (secondary N) is 2. The summed E-state index contributed by atoms with van der Waals surface area (Å²) in [6, 6.07) is 5.82. The smallest absolute Gasteiger partial charge is 0.369 e. The van der Waals surface area contributed by atoms with Crippen LogP contribution in [0.1, 0.15) is 22.7 Å². The zero-order valence-electron chi connectivity index (χ0n) is 16.9. The Morgan fingerprint density at radius 2 is 1.61 bits per heavy atom. The van der Waals surface area contributed by atoms with Gasteiger partial charge >= 0.3 is 12.4 Å². The quantitative estimate of drug-likeness (QED) is 0.565. The van der Waals surface area contributed by atoms with Gasteiger partial charge in [-0.2, -0.15) is 26.3 Å². The summed E-state index contributed by atoms with van der Waals surface area (Å²) in [4.78, 5) is 12.8. The summed E-state index contributed by atoms with van der Waals surface area (Å²) in [5.74, 6) is -0.655. The van der Waals surface area contributed by atoms with Crippen LogP contribution in [0.4, 0.5) is 32.0 Å². The molecule has 1 heterocycles. The number of amides is 1. The topological polar surface area (TPSA) is 95.5 Å². The first-order chi connectivity index (χ1) is 15.1. The van der Waals surface area contributed by atoms with Gasteiger partial charge in [-0.3, -0.25) is 4.79 Å². The Kier molecular flexibility index (Phi) is 6.28. The molecule has 1 atom stereocenters. The molecule has 0 bridgehead atoms. The average molecular weight is 496 g/mol. The molecule has 6 nitrogen and oxygen atoms in total. The van der Waals surface area contributed by atoms with Gasteiger partial charge in [-0.1, -0.05) is 18.2 Å². The van der Waals surface area contributed by atoms with Crippen LogP contribution >= 0.6 is 0 Å². The standard InChI is InChI=1S/C20H18F6N2O4S/c1-33(31,32)14-6-7-15-11(10-14)8-9-27-16(15)17(29)28-13-4-2-12(3-5-13)18(30,19(21,22)23)20(24,25)26/h2-7,10,16,27,30H,8-9H2,1H3,(H,28,29). The lowest BCUT2D eigenvalue weighted by Crippen LogP contribution is -2.53. The number of benzene rings is 2. The van der Waals surface area contributed by atoms with Crippen molar-refractivity contribution < 1.29 is 44.7 Å². The van der Waals surface area contributed by atoms with Crippen LogP contribution in [0.25, 0.3) is 0 Å². The second-order valence-electron chi connectivity index (χ2n) is 7.54. The summed E-state index contributed by atoms with van der Waals surface area (Å²) in [6.45, 7) is 0.335. The van der Waals surface area contributed by atoms with E-state index >= 15 is 0 Å². The highest BCUT2D eigenvalue weighted by Crippen LogP contribution is 2.50. The van der Waals surface area contributed by atoms with E-state index in [9.17, 15) is 44.7 Å². The highest BCUT2D eigenvalue weighted by molar-refractivity contribution is 7.90. The maximum absolute atomic E-state index is 13.0. The molecule has 13 heteroatoms. The fraction of sp³-hybridized carbons (Fsp3) is 0.350. The van der Waals surface area contributed by atoms with E-state index in [2.05, 4.69) is 10.6 Å². The fourth-order valence-corrected chi connectivity index (χ4v) is 4.17. The molecule has 0 radical (unpaired) electrons. The van der Waals surface area contributed by atoms with Gasteiger partial charge in [0.1, 0.15) is 6.04 Å². The van der Waals surface area contributed by atoms with Crippen molar-refractivity contribution in [2.24, 2.45) is 0 Å². The number of alkyl halides is 6. The Labute approximate surface area is 184 Å². The van der Waals surface area contributed by atoms with E-state index < -0.39 is 45.3 Å². The first-order valence-corrected chi connectivity index (χ1v) is 11.3. The maximum Gasteiger partial charge on any atom is 0.430 e. The minimum Gasteiger partial charge on any atom is -0.369 e. The van der Waals surface area contributed by atoms with Gasteiger partial charge in [0.25, 0.3) is 5.60 Å². The zero-order valence-corrected chi connectivity index (χ0v) is 17.7. The number of fused-ring (bicyclic) bond motifs is 1. The van der Waals surface area contributed by atoms with Gasteiger partial charge in [-0.25, -0.2) is 8.42 Å². The van der Waals surface area contributed by atoms with Crippen molar-refractivity contribution in [2.75, 3.05) is 18.1 Å². The molecule has 0 spiro atoms. The molecule has 33 heavy (non-hydrogen) atoms. The number of aliphatic hydroxyl groups is 1. The van der Waals surface area contributed by atoms with Crippen molar-refractivity contribution in [3.63, 3.8) is 0 Å². The molecule has 1 aliphatic rings. The molecule has 3 rings (SSSR count). The predicted octanol–water partition coefficient (Wildman–Crippen LogP) is 3.23. The van der Waals surface area contributed by atoms with E-state index in [0.29, 0.717) is 36.2 Å². The summed E-state index contributed by atoms with van der Waals surface area (Å²) in [6.07, 6.45) is -10.5. The highest BCUT2D eigenvalue weighted by atomic mass is 32.2. The maximum atomic E-state index is 13.0. The van der Waals surface area contributed by atoms with E-state index in [1.165, 1.54) is 18.2 Å². The molecule has 1 unspecified atom stereocenters. The van der Waals surface area contributed by atoms with Gasteiger partial charge in [0.15, 0.2) is 9.84 Å². The molecule has 180 valence electrons. The number of carbonyl (C=O) groups excluding carboxylic acids is 1. The van der Waals surface area contributed by atoms with Gasteiger partial charge in [0.2, 0.25) is 5.91 Å². The summed E-state index contributed by atoms with van der Waals surface area (Å²) in [7, 11) is -3.46. The lowest BCUT2D eigenvalue weighted by Gasteiger charge is -2.32. The van der Waals surface area contributed by atoms with Crippen molar-refractivity contribution in [1.82, 2.24) is 5.32 Å². The summed E-state index contributed by atoms with van der Waals surface area (Å²) >= 11 is 0. The Morgan fingerprint density at radius 3 is 2.12 bits per heavy atom. The number of hydrogen-bond acceptors (Lipinski definition) is 5. The van der Waals surface area contributed by atoms with Crippen LogP contribution in [0.15, 0.2) is 47.4 Å². The predicted molar refractivity (Wildman–Crippen MR) is 105 cm³/mol. The molecule has 0 aliphatic carbocycles. The number of halogens is 6. The summed E-state index contributed by atoms with van der Waals surface area (Å²) in [5, 5.41) is 14.8. The van der Waals surface area contributed by atoms with Gasteiger partial charge < -0.3 is 15.7 Å². The van der Waals surface area contributed by atoms with Gasteiger partial charge in [-0.05, 0) is 41.8 Å². The largest absolute Gasteiger partial charge is 0.430 e. The Bertz CT molecular complexity index is 1150. The van der Waals surface area contributed by atoms with E-state index in [1.54, 1.807) is 0 Å². The van der Waals surface area contributed by atoms with E-state index in [0.717, 1.165) is 18.4 Å². The first-order valence-electron chi connectivity index (χ1n) is 9.39. The monoisotopic (exact) mass is 496 g/mol. The van der Waals surface area contributed by atoms with Crippen molar-refractivity contribution in [3.8, 4) is 0 Å². The molecular formula is C20H18F6N2O4S. The molecule has 1 amide bonds. The van der Waals surface area contributed by atoms with E-state index in [-0.39, 0.29) is 10.6 Å². The Balaban J connectivity index is 1.84. The van der Waals surface area contributed by atoms with Crippen LogP contribution in [0.3, 0.4) is 0 Å². The van der Waals surface area contributed by atoms with Crippen LogP contribution in [-0.2, 0) is 26.7 Å².